The summed E-state index contributed by atoms with van der Waals surface area (Å²) in [6.45, 7) is 4.52. The van der Waals surface area contributed by atoms with Crippen LogP contribution in [0.3, 0.4) is 0 Å². The Morgan fingerprint density at radius 1 is 1.09 bits per heavy atom. The second-order valence-corrected chi connectivity index (χ2v) is 9.34. The summed E-state index contributed by atoms with van der Waals surface area (Å²) in [6, 6.07) is 14.8. The second kappa shape index (κ2) is 10.7. The highest BCUT2D eigenvalue weighted by atomic mass is 32.2. The molecule has 0 saturated carbocycles. The van der Waals surface area contributed by atoms with Crippen molar-refractivity contribution in [3.63, 3.8) is 0 Å². The van der Waals surface area contributed by atoms with Crippen molar-refractivity contribution in [1.29, 1.82) is 0 Å². The average molecular weight is 493 g/mol. The molecule has 2 heterocycles. The summed E-state index contributed by atoms with van der Waals surface area (Å²) in [5, 5.41) is 12.4. The van der Waals surface area contributed by atoms with Gasteiger partial charge in [-0.25, -0.2) is 0 Å². The molecule has 2 aromatic carbocycles. The summed E-state index contributed by atoms with van der Waals surface area (Å²) < 4.78 is 3.47. The maximum absolute atomic E-state index is 13.0. The minimum absolute atomic E-state index is 0.0622. The van der Waals surface area contributed by atoms with Crippen LogP contribution in [-0.4, -0.2) is 55.2 Å². The molecule has 1 N–H and O–H groups in total. The molecule has 4 aromatic rings. The Hall–Kier alpha value is -3.66. The predicted molar refractivity (Wildman–Crippen MR) is 138 cm³/mol. The first-order chi connectivity index (χ1) is 16.9. The maximum Gasteiger partial charge on any atom is 0.262 e. The van der Waals surface area contributed by atoms with Crippen molar-refractivity contribution in [2.24, 2.45) is 0 Å². The standard InChI is InChI=1S/C25H28N6O3S/c1-4-5-14-30-23(34)19-8-6-7-9-20(19)31-24(30)27-28-25(31)35-16-22(33)29(3)15-21(32)26-18-12-10-17(2)11-13-18/h6-13H,4-5,14-16H2,1-3H3,(H,26,32). The number of nitrogens with one attached hydrogen (secondary N) is 1. The highest BCUT2D eigenvalue weighted by Gasteiger charge is 2.19. The van der Waals surface area contributed by atoms with Crippen LogP contribution < -0.4 is 10.9 Å². The molecule has 35 heavy (non-hydrogen) atoms. The number of rotatable bonds is 9. The molecular weight excluding hydrogens is 464 g/mol. The number of aryl methyl sites for hydroxylation is 2. The van der Waals surface area contributed by atoms with Crippen molar-refractivity contribution in [1.82, 2.24) is 24.1 Å². The van der Waals surface area contributed by atoms with E-state index >= 15 is 0 Å². The summed E-state index contributed by atoms with van der Waals surface area (Å²) in [7, 11) is 1.59. The zero-order valence-corrected chi connectivity index (χ0v) is 20.8. The monoisotopic (exact) mass is 492 g/mol. The zero-order valence-electron chi connectivity index (χ0n) is 20.0. The van der Waals surface area contributed by atoms with Gasteiger partial charge in [0.2, 0.25) is 17.6 Å². The number of anilines is 1. The van der Waals surface area contributed by atoms with Gasteiger partial charge in [0.1, 0.15) is 0 Å². The van der Waals surface area contributed by atoms with Gasteiger partial charge in [0, 0.05) is 19.3 Å². The Bertz CT molecular complexity index is 1430. The lowest BCUT2D eigenvalue weighted by Crippen LogP contribution is -2.36. The van der Waals surface area contributed by atoms with Crippen LogP contribution in [0.2, 0.25) is 0 Å². The Morgan fingerprint density at radius 3 is 2.57 bits per heavy atom. The van der Waals surface area contributed by atoms with E-state index in [1.165, 1.54) is 16.7 Å². The first-order valence-corrected chi connectivity index (χ1v) is 12.5. The minimum Gasteiger partial charge on any atom is -0.336 e. The number of nitrogens with zero attached hydrogens (tertiary/aromatic N) is 5. The van der Waals surface area contributed by atoms with Gasteiger partial charge in [-0.15, -0.1) is 10.2 Å². The van der Waals surface area contributed by atoms with Crippen molar-refractivity contribution < 1.29 is 9.59 Å². The van der Waals surface area contributed by atoms with Crippen LogP contribution in [-0.2, 0) is 16.1 Å². The molecule has 0 atom stereocenters. The number of amides is 2. The van der Waals surface area contributed by atoms with Crippen LogP contribution in [0.5, 0.6) is 0 Å². The molecule has 0 bridgehead atoms. The molecule has 2 aromatic heterocycles. The minimum atomic E-state index is -0.270. The summed E-state index contributed by atoms with van der Waals surface area (Å²) in [4.78, 5) is 39.5. The number of unbranched alkanes of at least 4 members (excludes halogenated alkanes) is 1. The van der Waals surface area contributed by atoms with Gasteiger partial charge in [-0.1, -0.05) is 54.9 Å². The lowest BCUT2D eigenvalue weighted by molar-refractivity contribution is -0.131. The first kappa shape index (κ1) is 24.5. The molecule has 0 saturated heterocycles. The molecule has 0 aliphatic carbocycles. The Balaban J connectivity index is 1.49. The number of benzene rings is 2. The van der Waals surface area contributed by atoms with Gasteiger partial charge in [-0.3, -0.25) is 23.4 Å². The van der Waals surface area contributed by atoms with Gasteiger partial charge in [0.15, 0.2) is 5.16 Å². The molecule has 0 aliphatic heterocycles. The fourth-order valence-electron chi connectivity index (χ4n) is 3.72. The molecule has 0 unspecified atom stereocenters. The molecule has 0 fully saturated rings. The largest absolute Gasteiger partial charge is 0.336 e. The van der Waals surface area contributed by atoms with E-state index in [0.717, 1.165) is 18.4 Å². The molecule has 0 spiro atoms. The SMILES string of the molecule is CCCCn1c(=O)c2ccccc2n2c(SCC(=O)N(C)CC(=O)Nc3ccc(C)cc3)nnc12. The van der Waals surface area contributed by atoms with Crippen LogP contribution >= 0.6 is 11.8 Å². The van der Waals surface area contributed by atoms with Crippen molar-refractivity contribution in [2.75, 3.05) is 24.7 Å². The van der Waals surface area contributed by atoms with Gasteiger partial charge in [0.25, 0.3) is 5.56 Å². The molecule has 182 valence electrons. The van der Waals surface area contributed by atoms with Gasteiger partial charge >= 0.3 is 0 Å². The van der Waals surface area contributed by atoms with E-state index in [4.69, 9.17) is 0 Å². The third-order valence-corrected chi connectivity index (χ3v) is 6.59. The van der Waals surface area contributed by atoms with Gasteiger partial charge < -0.3 is 10.2 Å². The van der Waals surface area contributed by atoms with Crippen molar-refractivity contribution in [3.8, 4) is 0 Å². The van der Waals surface area contributed by atoms with E-state index in [-0.39, 0.29) is 29.7 Å². The summed E-state index contributed by atoms with van der Waals surface area (Å²) in [5.41, 5.74) is 2.39. The maximum atomic E-state index is 13.0. The quantitative estimate of drug-likeness (QED) is 0.360. The highest BCUT2D eigenvalue weighted by Crippen LogP contribution is 2.22. The third kappa shape index (κ3) is 5.37. The Labute approximate surface area is 207 Å². The number of carbonyl (C=O) groups excluding carboxylic acids is 2. The number of thioether (sulfide) groups is 1. The molecule has 4 rings (SSSR count). The smallest absolute Gasteiger partial charge is 0.262 e. The number of aromatic nitrogens is 4. The number of hydrogen-bond acceptors (Lipinski definition) is 6. The number of fused-ring (bicyclic) bond motifs is 3. The van der Waals surface area contributed by atoms with Crippen molar-refractivity contribution >= 4 is 45.9 Å². The Kier molecular flexibility index (Phi) is 7.50. The normalized spacial score (nSPS) is 11.2. The van der Waals surface area contributed by atoms with Crippen LogP contribution in [0, 0.1) is 6.92 Å². The van der Waals surface area contributed by atoms with Crippen LogP contribution in [0.25, 0.3) is 16.7 Å². The van der Waals surface area contributed by atoms with Gasteiger partial charge in [-0.05, 0) is 37.6 Å². The second-order valence-electron chi connectivity index (χ2n) is 8.40. The Morgan fingerprint density at radius 2 is 1.83 bits per heavy atom. The molecule has 0 aliphatic rings. The van der Waals surface area contributed by atoms with Gasteiger partial charge in [-0.2, -0.15) is 0 Å². The lowest BCUT2D eigenvalue weighted by atomic mass is 10.2. The lowest BCUT2D eigenvalue weighted by Gasteiger charge is -2.16. The molecule has 10 heteroatoms. The van der Waals surface area contributed by atoms with E-state index in [9.17, 15) is 14.4 Å². The molecular formula is C25H28N6O3S. The summed E-state index contributed by atoms with van der Waals surface area (Å²) in [5.74, 6) is 0.0586. The van der Waals surface area contributed by atoms with Crippen molar-refractivity contribution in [2.45, 2.75) is 38.4 Å². The topological polar surface area (TPSA) is 102 Å². The summed E-state index contributed by atoms with van der Waals surface area (Å²) in [6.07, 6.45) is 1.79. The molecule has 0 radical (unpaired) electrons. The van der Waals surface area contributed by atoms with E-state index < -0.39 is 0 Å². The average Bonchev–Trinajstić information content (AvgIpc) is 3.28. The highest BCUT2D eigenvalue weighted by molar-refractivity contribution is 7.99. The zero-order chi connectivity index (χ0) is 24.9. The van der Waals surface area contributed by atoms with E-state index in [1.54, 1.807) is 17.7 Å². The fraction of sp³-hybridized carbons (Fsp3) is 0.320. The van der Waals surface area contributed by atoms with Crippen LogP contribution in [0.15, 0.2) is 58.5 Å². The number of para-hydroxylation sites is 1. The summed E-state index contributed by atoms with van der Waals surface area (Å²) >= 11 is 1.23. The number of carbonyl (C=O) groups is 2. The number of hydrogen-bond donors (Lipinski definition) is 1. The van der Waals surface area contributed by atoms with Crippen LogP contribution in [0.4, 0.5) is 5.69 Å². The first-order valence-electron chi connectivity index (χ1n) is 11.5. The van der Waals surface area contributed by atoms with E-state index in [2.05, 4.69) is 22.4 Å². The third-order valence-electron chi connectivity index (χ3n) is 5.68. The fourth-order valence-corrected chi connectivity index (χ4v) is 4.60. The molecule has 2 amide bonds. The predicted octanol–water partition coefficient (Wildman–Crippen LogP) is 3.34. The number of likely N-dealkylation sites (N-methyl/N-ethyl adjacent to an activating group) is 1. The van der Waals surface area contributed by atoms with Crippen LogP contribution in [0.1, 0.15) is 25.3 Å². The van der Waals surface area contributed by atoms with E-state index in [0.29, 0.717) is 34.1 Å². The molecule has 9 nitrogen and oxygen atoms in total. The van der Waals surface area contributed by atoms with Crippen molar-refractivity contribution in [3.05, 3.63) is 64.4 Å². The van der Waals surface area contributed by atoms with E-state index in [1.807, 2.05) is 53.8 Å². The van der Waals surface area contributed by atoms with Gasteiger partial charge in [0.05, 0.1) is 23.2 Å².